The Morgan fingerprint density at radius 2 is 2.00 bits per heavy atom. The Hall–Kier alpha value is -2.34. The summed E-state index contributed by atoms with van der Waals surface area (Å²) >= 11 is 11.8. The molecular weight excluding hydrogens is 454 g/mol. The molecule has 0 radical (unpaired) electrons. The van der Waals surface area contributed by atoms with Gasteiger partial charge in [-0.3, -0.25) is 14.4 Å². The second-order valence-electron chi connectivity index (χ2n) is 7.04. The molecule has 1 fully saturated rings. The van der Waals surface area contributed by atoms with Crippen molar-refractivity contribution in [3.05, 3.63) is 33.8 Å². The molecule has 0 spiro atoms. The fourth-order valence-electron chi connectivity index (χ4n) is 2.59. The Morgan fingerprint density at radius 3 is 2.68 bits per heavy atom. The first-order valence-electron chi connectivity index (χ1n) is 9.28. The summed E-state index contributed by atoms with van der Waals surface area (Å²) in [5.74, 6) is -3.29. The summed E-state index contributed by atoms with van der Waals surface area (Å²) in [6, 6.07) is 4.33. The maximum absolute atomic E-state index is 12.3. The molecule has 1 saturated heterocycles. The number of esters is 1. The molecule has 0 bridgehead atoms. The number of halogens is 2. The third kappa shape index (κ3) is 7.39. The number of ether oxygens (including phenoxy) is 1. The van der Waals surface area contributed by atoms with Crippen LogP contribution in [-0.2, 0) is 28.4 Å². The summed E-state index contributed by atoms with van der Waals surface area (Å²) < 4.78 is 14.6. The molecule has 168 valence electrons. The van der Waals surface area contributed by atoms with Crippen molar-refractivity contribution in [1.29, 1.82) is 0 Å². The summed E-state index contributed by atoms with van der Waals surface area (Å²) in [5, 5.41) is 15.1. The second kappa shape index (κ2) is 11.3. The average molecular weight is 475 g/mol. The molecule has 0 aromatic heterocycles. The van der Waals surface area contributed by atoms with Gasteiger partial charge in [0, 0.05) is 11.4 Å². The van der Waals surface area contributed by atoms with E-state index in [9.17, 15) is 24.3 Å². The zero-order valence-electron chi connectivity index (χ0n) is 16.7. The molecule has 0 unspecified atom stereocenters. The lowest BCUT2D eigenvalue weighted by molar-refractivity contribution is -0.179. The van der Waals surface area contributed by atoms with Crippen LogP contribution in [0.15, 0.2) is 18.2 Å². The highest BCUT2D eigenvalue weighted by atomic mass is 35.5. The number of amides is 2. The second-order valence-corrected chi connectivity index (χ2v) is 7.89. The molecule has 1 aromatic carbocycles. The lowest BCUT2D eigenvalue weighted by Crippen LogP contribution is -2.52. The van der Waals surface area contributed by atoms with Crippen molar-refractivity contribution in [2.24, 2.45) is 5.92 Å². The van der Waals surface area contributed by atoms with E-state index >= 15 is 0 Å². The molecule has 2 amide bonds. The number of hydrogen-bond donors (Lipinski definition) is 3. The maximum atomic E-state index is 12.3. The molecule has 10 nitrogen and oxygen atoms in total. The number of aliphatic hydroxyl groups is 1. The van der Waals surface area contributed by atoms with Gasteiger partial charge in [0.05, 0.1) is 17.1 Å². The predicted molar refractivity (Wildman–Crippen MR) is 110 cm³/mol. The van der Waals surface area contributed by atoms with Crippen LogP contribution in [0.1, 0.15) is 30.6 Å². The first-order chi connectivity index (χ1) is 14.6. The highest BCUT2D eigenvalue weighted by Crippen LogP contribution is 2.20. The fraction of sp³-hybridized carbons (Fsp3) is 0.444. The number of nitrogens with one attached hydrogen (secondary N) is 2. The van der Waals surface area contributed by atoms with Gasteiger partial charge in [0.1, 0.15) is 0 Å². The number of carbonyl (C=O) groups excluding carboxylic acids is 4. The maximum Gasteiger partial charge on any atom is 0.509 e. The van der Waals surface area contributed by atoms with Crippen LogP contribution in [0.3, 0.4) is 0 Å². The third-order valence-electron chi connectivity index (χ3n) is 4.06. The van der Waals surface area contributed by atoms with Crippen molar-refractivity contribution in [2.45, 2.75) is 38.7 Å². The fourth-order valence-corrected chi connectivity index (χ4v) is 2.97. The molecule has 1 aromatic rings. The lowest BCUT2D eigenvalue weighted by Gasteiger charge is -2.28. The minimum atomic E-state index is -1.83. The van der Waals surface area contributed by atoms with Crippen LogP contribution in [0.2, 0.25) is 10.0 Å². The summed E-state index contributed by atoms with van der Waals surface area (Å²) in [6.45, 7) is 3.24. The van der Waals surface area contributed by atoms with Gasteiger partial charge in [-0.05, 0) is 24.1 Å². The van der Waals surface area contributed by atoms with Gasteiger partial charge >= 0.3 is 19.6 Å². The number of carbonyl (C=O) groups is 4. The molecule has 13 heteroatoms. The van der Waals surface area contributed by atoms with Gasteiger partial charge in [-0.25, -0.2) is 4.79 Å². The average Bonchev–Trinajstić information content (AvgIpc) is 2.69. The van der Waals surface area contributed by atoms with Gasteiger partial charge in [0.2, 0.25) is 5.91 Å². The zero-order chi connectivity index (χ0) is 23.1. The summed E-state index contributed by atoms with van der Waals surface area (Å²) in [4.78, 5) is 48.2. The van der Waals surface area contributed by atoms with Crippen molar-refractivity contribution in [1.82, 2.24) is 10.6 Å². The zero-order valence-corrected chi connectivity index (χ0v) is 18.2. The molecule has 3 atom stereocenters. The minimum absolute atomic E-state index is 0.0140. The molecule has 0 saturated carbocycles. The van der Waals surface area contributed by atoms with E-state index in [4.69, 9.17) is 32.6 Å². The molecular formula is C18H21BCl2N2O8. The molecule has 1 heterocycles. The van der Waals surface area contributed by atoms with Crippen molar-refractivity contribution in [3.63, 3.8) is 0 Å². The van der Waals surface area contributed by atoms with Crippen molar-refractivity contribution < 1.29 is 38.3 Å². The Balaban J connectivity index is 1.94. The molecule has 31 heavy (non-hydrogen) atoms. The van der Waals surface area contributed by atoms with Crippen LogP contribution >= 0.6 is 23.2 Å². The number of benzene rings is 1. The summed E-state index contributed by atoms with van der Waals surface area (Å²) in [6.07, 6.45) is -4.25. The summed E-state index contributed by atoms with van der Waals surface area (Å²) in [7, 11) is -0.505. The Labute approximate surface area is 188 Å². The van der Waals surface area contributed by atoms with Gasteiger partial charge in [-0.15, -0.1) is 0 Å². The van der Waals surface area contributed by atoms with Gasteiger partial charge in [-0.2, -0.15) is 0 Å². The van der Waals surface area contributed by atoms with Crippen LogP contribution in [0.5, 0.6) is 0 Å². The van der Waals surface area contributed by atoms with Crippen molar-refractivity contribution in [3.8, 4) is 0 Å². The van der Waals surface area contributed by atoms with Gasteiger partial charge in [0.25, 0.3) is 5.91 Å². The highest BCUT2D eigenvalue weighted by Gasteiger charge is 2.40. The van der Waals surface area contributed by atoms with Crippen LogP contribution in [0.4, 0.5) is 0 Å². The Bertz CT molecular complexity index is 854. The smallest absolute Gasteiger partial charge is 0.509 e. The topological polar surface area (TPSA) is 140 Å². The largest absolute Gasteiger partial charge is 0.510 e. The first-order valence-corrected chi connectivity index (χ1v) is 10.0. The Morgan fingerprint density at radius 1 is 1.29 bits per heavy atom. The van der Waals surface area contributed by atoms with E-state index < -0.39 is 56.4 Å². The van der Waals surface area contributed by atoms with Gasteiger partial charge in [-0.1, -0.05) is 37.0 Å². The lowest BCUT2D eigenvalue weighted by atomic mass is 10.1. The van der Waals surface area contributed by atoms with Crippen LogP contribution in [-0.4, -0.2) is 61.5 Å². The van der Waals surface area contributed by atoms with E-state index in [-0.39, 0.29) is 22.9 Å². The van der Waals surface area contributed by atoms with E-state index in [0.29, 0.717) is 5.02 Å². The SMILES string of the molecule is CC(C)C[C@H](NC(=O)CNC(=O)c1cc(Cl)ccc1Cl)OC(=O)[C@@H]1OBOC(=O)[C@H]1O. The minimum Gasteiger partial charge on any atom is -0.510 e. The molecule has 1 aliphatic heterocycles. The van der Waals surface area contributed by atoms with E-state index in [1.165, 1.54) is 18.2 Å². The van der Waals surface area contributed by atoms with Crippen molar-refractivity contribution >= 4 is 54.6 Å². The van der Waals surface area contributed by atoms with Crippen LogP contribution < -0.4 is 10.6 Å². The van der Waals surface area contributed by atoms with E-state index in [1.54, 1.807) is 0 Å². The predicted octanol–water partition coefficient (Wildman–Crippen LogP) is 0.324. The van der Waals surface area contributed by atoms with Crippen molar-refractivity contribution in [2.75, 3.05) is 6.54 Å². The van der Waals surface area contributed by atoms with Crippen LogP contribution in [0.25, 0.3) is 0 Å². The summed E-state index contributed by atoms with van der Waals surface area (Å²) in [5.41, 5.74) is 0.0995. The quantitative estimate of drug-likeness (QED) is 0.278. The number of hydrogen-bond acceptors (Lipinski definition) is 8. The normalized spacial score (nSPS) is 19.1. The first kappa shape index (κ1) is 24.9. The highest BCUT2D eigenvalue weighted by molar-refractivity contribution is 6.35. The molecule has 2 rings (SSSR count). The number of rotatable bonds is 8. The van der Waals surface area contributed by atoms with E-state index in [2.05, 4.69) is 15.3 Å². The van der Waals surface area contributed by atoms with E-state index in [1.807, 2.05) is 13.8 Å². The molecule has 0 aliphatic carbocycles. The monoisotopic (exact) mass is 474 g/mol. The van der Waals surface area contributed by atoms with Crippen LogP contribution in [0, 0.1) is 5.92 Å². The van der Waals surface area contributed by atoms with Gasteiger partial charge < -0.3 is 29.8 Å². The third-order valence-corrected chi connectivity index (χ3v) is 4.62. The molecule has 3 N–H and O–H groups in total. The van der Waals surface area contributed by atoms with Gasteiger partial charge in [0.15, 0.2) is 18.4 Å². The number of aliphatic hydroxyl groups excluding tert-OH is 1. The standard InChI is InChI=1S/C18H21BCl2N2O8/c1-8(2)5-13(29-18(28)15-14(25)17(27)31-19-30-15)23-12(24)7-22-16(26)10-6-9(20)3-4-11(10)21/h3-4,6,8,13-15,19,25H,5,7H2,1-2H3,(H,22,26)(H,23,24)/t13-,14+,15-/m1/s1. The molecule has 1 aliphatic rings. The Kier molecular flexibility index (Phi) is 9.11. The van der Waals surface area contributed by atoms with E-state index in [0.717, 1.165) is 0 Å².